The van der Waals surface area contributed by atoms with Crippen LogP contribution in [0.15, 0.2) is 61.1 Å². The van der Waals surface area contributed by atoms with E-state index in [-0.39, 0.29) is 0 Å². The van der Waals surface area contributed by atoms with Crippen LogP contribution in [-0.2, 0) is 13.1 Å². The highest BCUT2D eigenvalue weighted by atomic mass is 35.5. The number of aryl methyl sites for hydroxylation is 1. The van der Waals surface area contributed by atoms with E-state index in [0.717, 1.165) is 11.3 Å². The van der Waals surface area contributed by atoms with Gasteiger partial charge in [-0.1, -0.05) is 70.7 Å². The zero-order valence-corrected chi connectivity index (χ0v) is 20.1. The average molecular weight is 506 g/mol. The molecule has 2 aromatic heterocycles. The van der Waals surface area contributed by atoms with Crippen LogP contribution in [0.4, 0.5) is 11.5 Å². The molecule has 4 rings (SSSR count). The Morgan fingerprint density at radius 1 is 0.875 bits per heavy atom. The van der Waals surface area contributed by atoms with Crippen molar-refractivity contribution in [2.45, 2.75) is 20.0 Å². The topological polar surface area (TPSA) is 59.7 Å². The van der Waals surface area contributed by atoms with Gasteiger partial charge < -0.3 is 10.6 Å². The molecule has 2 aromatic carbocycles. The van der Waals surface area contributed by atoms with Gasteiger partial charge in [-0.3, -0.25) is 9.36 Å². The summed E-state index contributed by atoms with van der Waals surface area (Å²) in [6, 6.07) is 13.8. The predicted molar refractivity (Wildman–Crippen MR) is 135 cm³/mol. The number of nitrogens with zero attached hydrogens (tertiary/aromatic N) is 4. The fourth-order valence-electron chi connectivity index (χ4n) is 3.05. The van der Waals surface area contributed by atoms with E-state index in [1.54, 1.807) is 29.2 Å². The molecular formula is C22H19Cl3N6S. The molecule has 0 aliphatic carbocycles. The molecular weight excluding hydrogens is 487 g/mol. The lowest BCUT2D eigenvalue weighted by Gasteiger charge is -2.07. The Kier molecular flexibility index (Phi) is 7.01. The van der Waals surface area contributed by atoms with Crippen LogP contribution >= 0.6 is 47.0 Å². The van der Waals surface area contributed by atoms with Gasteiger partial charge in [0, 0.05) is 12.4 Å². The van der Waals surface area contributed by atoms with Crippen molar-refractivity contribution in [2.75, 3.05) is 10.6 Å². The Bertz CT molecular complexity index is 1250. The fraction of sp³-hybridized carbons (Fsp3) is 0.136. The van der Waals surface area contributed by atoms with Gasteiger partial charge in [-0.25, -0.2) is 0 Å². The van der Waals surface area contributed by atoms with Crippen molar-refractivity contribution in [1.82, 2.24) is 19.6 Å². The van der Waals surface area contributed by atoms with Crippen LogP contribution in [0.1, 0.15) is 16.7 Å². The Balaban J connectivity index is 1.35. The number of nitrogens with one attached hydrogen (secondary N) is 2. The third-order valence-corrected chi connectivity index (χ3v) is 5.85. The summed E-state index contributed by atoms with van der Waals surface area (Å²) >= 11 is 23.8. The monoisotopic (exact) mass is 504 g/mol. The highest BCUT2D eigenvalue weighted by Gasteiger charge is 2.11. The van der Waals surface area contributed by atoms with Crippen LogP contribution in [0, 0.1) is 6.92 Å². The molecule has 0 amide bonds. The molecule has 0 saturated heterocycles. The summed E-state index contributed by atoms with van der Waals surface area (Å²) in [4.78, 5) is 0. The second kappa shape index (κ2) is 9.92. The first kappa shape index (κ1) is 22.6. The summed E-state index contributed by atoms with van der Waals surface area (Å²) in [5, 5.41) is 16.8. The third kappa shape index (κ3) is 5.81. The van der Waals surface area contributed by atoms with E-state index in [2.05, 4.69) is 52.0 Å². The molecule has 10 heteroatoms. The summed E-state index contributed by atoms with van der Waals surface area (Å²) in [6.07, 6.45) is 5.32. The average Bonchev–Trinajstić information content (AvgIpc) is 3.32. The molecule has 32 heavy (non-hydrogen) atoms. The Labute approximate surface area is 206 Å². The minimum Gasteiger partial charge on any atom is -0.330 e. The molecule has 6 nitrogen and oxygen atoms in total. The molecule has 0 spiro atoms. The van der Waals surface area contributed by atoms with Crippen molar-refractivity contribution in [2.24, 2.45) is 0 Å². The van der Waals surface area contributed by atoms with Gasteiger partial charge in [-0.2, -0.15) is 10.2 Å². The highest BCUT2D eigenvalue weighted by Crippen LogP contribution is 2.24. The number of aromatic nitrogens is 4. The van der Waals surface area contributed by atoms with Gasteiger partial charge in [0.2, 0.25) is 0 Å². The maximum Gasteiger partial charge on any atom is 0.176 e. The Morgan fingerprint density at radius 3 is 2.34 bits per heavy atom. The minimum absolute atomic E-state index is 0.363. The van der Waals surface area contributed by atoms with Crippen molar-refractivity contribution in [1.29, 1.82) is 0 Å². The number of hydrogen-bond donors (Lipinski definition) is 2. The lowest BCUT2D eigenvalue weighted by Crippen LogP contribution is -2.19. The van der Waals surface area contributed by atoms with Crippen LogP contribution in [0.3, 0.4) is 0 Å². The number of thiocarbonyl (C=S) groups is 1. The molecule has 0 unspecified atom stereocenters. The molecule has 0 atom stereocenters. The number of rotatable bonds is 6. The summed E-state index contributed by atoms with van der Waals surface area (Å²) in [5.41, 5.74) is 4.11. The molecule has 0 aliphatic rings. The molecule has 0 bridgehead atoms. The first-order valence-corrected chi connectivity index (χ1v) is 11.2. The largest absolute Gasteiger partial charge is 0.330 e. The minimum atomic E-state index is 0.363. The smallest absolute Gasteiger partial charge is 0.176 e. The molecule has 2 heterocycles. The molecule has 0 fully saturated rings. The van der Waals surface area contributed by atoms with E-state index in [4.69, 9.17) is 47.0 Å². The van der Waals surface area contributed by atoms with Gasteiger partial charge in [-0.05, 0) is 42.4 Å². The van der Waals surface area contributed by atoms with E-state index in [9.17, 15) is 0 Å². The zero-order chi connectivity index (χ0) is 22.7. The molecule has 164 valence electrons. The quantitative estimate of drug-likeness (QED) is 0.303. The van der Waals surface area contributed by atoms with Crippen LogP contribution in [0.5, 0.6) is 0 Å². The fourth-order valence-corrected chi connectivity index (χ4v) is 3.79. The number of hydrogen-bond acceptors (Lipinski definition) is 3. The van der Waals surface area contributed by atoms with Crippen molar-refractivity contribution >= 4 is 63.6 Å². The number of anilines is 2. The van der Waals surface area contributed by atoms with Gasteiger partial charge in [0.05, 0.1) is 35.0 Å². The van der Waals surface area contributed by atoms with Crippen molar-refractivity contribution in [3.8, 4) is 0 Å². The van der Waals surface area contributed by atoms with Crippen LogP contribution in [0.25, 0.3) is 0 Å². The maximum atomic E-state index is 6.32. The Hall–Kier alpha value is -2.58. The van der Waals surface area contributed by atoms with E-state index in [0.29, 0.717) is 39.1 Å². The van der Waals surface area contributed by atoms with Gasteiger partial charge in [0.25, 0.3) is 0 Å². The predicted octanol–water partition coefficient (Wildman–Crippen LogP) is 6.25. The second-order valence-electron chi connectivity index (χ2n) is 7.26. The third-order valence-electron chi connectivity index (χ3n) is 4.63. The maximum absolute atomic E-state index is 6.32. The molecule has 4 aromatic rings. The molecule has 0 radical (unpaired) electrons. The van der Waals surface area contributed by atoms with Gasteiger partial charge >= 0.3 is 0 Å². The van der Waals surface area contributed by atoms with Crippen LogP contribution in [0.2, 0.25) is 15.1 Å². The standard InChI is InChI=1S/C22H19Cl3N6S/c1-14-2-4-15(5-3-14)10-30-12-17(9-26-30)27-22(32)28-21-20(25)13-31(29-21)11-16-6-7-18(23)19(24)8-16/h2-9,12-13H,10-11H2,1H3,(H2,27,28,29,32). The lowest BCUT2D eigenvalue weighted by atomic mass is 10.1. The first-order valence-electron chi connectivity index (χ1n) is 9.68. The number of benzene rings is 2. The summed E-state index contributed by atoms with van der Waals surface area (Å²) in [5.74, 6) is 0.455. The lowest BCUT2D eigenvalue weighted by molar-refractivity contribution is 0.687. The van der Waals surface area contributed by atoms with Gasteiger partial charge in [0.1, 0.15) is 5.02 Å². The first-order chi connectivity index (χ1) is 15.4. The normalized spacial score (nSPS) is 10.9. The SMILES string of the molecule is Cc1ccc(Cn2cc(NC(=S)Nc3nn(Cc4ccc(Cl)c(Cl)c4)cc3Cl)cn2)cc1. The van der Waals surface area contributed by atoms with Gasteiger partial charge in [-0.15, -0.1) is 0 Å². The highest BCUT2D eigenvalue weighted by molar-refractivity contribution is 7.80. The number of halogens is 3. The van der Waals surface area contributed by atoms with E-state index >= 15 is 0 Å². The van der Waals surface area contributed by atoms with E-state index < -0.39 is 0 Å². The van der Waals surface area contributed by atoms with Gasteiger partial charge in [0.15, 0.2) is 10.9 Å². The van der Waals surface area contributed by atoms with Crippen LogP contribution in [-0.4, -0.2) is 24.7 Å². The van der Waals surface area contributed by atoms with E-state index in [1.807, 2.05) is 16.9 Å². The van der Waals surface area contributed by atoms with Crippen molar-refractivity contribution in [3.63, 3.8) is 0 Å². The van der Waals surface area contributed by atoms with Crippen molar-refractivity contribution in [3.05, 3.63) is 92.8 Å². The molecule has 0 saturated carbocycles. The molecule has 0 aliphatic heterocycles. The Morgan fingerprint density at radius 2 is 1.59 bits per heavy atom. The van der Waals surface area contributed by atoms with Crippen LogP contribution < -0.4 is 10.6 Å². The zero-order valence-electron chi connectivity index (χ0n) is 17.0. The second-order valence-corrected chi connectivity index (χ2v) is 8.89. The van der Waals surface area contributed by atoms with Crippen molar-refractivity contribution < 1.29 is 0 Å². The summed E-state index contributed by atoms with van der Waals surface area (Å²) in [6.45, 7) is 3.23. The summed E-state index contributed by atoms with van der Waals surface area (Å²) in [7, 11) is 0. The molecule has 2 N–H and O–H groups in total. The summed E-state index contributed by atoms with van der Waals surface area (Å²) < 4.78 is 3.54. The van der Waals surface area contributed by atoms with E-state index in [1.165, 1.54) is 11.1 Å².